The van der Waals surface area contributed by atoms with Crippen LogP contribution in [0.2, 0.25) is 0 Å². The van der Waals surface area contributed by atoms with Crippen LogP contribution in [0, 0.1) is 6.92 Å². The molecule has 3 amide bonds. The van der Waals surface area contributed by atoms with E-state index in [9.17, 15) is 9.59 Å². The number of carbonyl (C=O) groups excluding carboxylic acids is 2. The van der Waals surface area contributed by atoms with Crippen molar-refractivity contribution in [3.8, 4) is 0 Å². The lowest BCUT2D eigenvalue weighted by Crippen LogP contribution is -2.45. The summed E-state index contributed by atoms with van der Waals surface area (Å²) >= 11 is 0. The Balaban J connectivity index is 1.30. The van der Waals surface area contributed by atoms with Crippen LogP contribution in [0.1, 0.15) is 42.0 Å². The number of carbonyl (C=O) groups is 2. The summed E-state index contributed by atoms with van der Waals surface area (Å²) in [4.78, 5) is 33.9. The Hall–Kier alpha value is -4.06. The van der Waals surface area contributed by atoms with Crippen molar-refractivity contribution in [2.45, 2.75) is 52.1 Å². The van der Waals surface area contributed by atoms with Gasteiger partial charge in [0.1, 0.15) is 6.54 Å². The maximum absolute atomic E-state index is 13.7. The Bertz CT molecular complexity index is 1390. The minimum absolute atomic E-state index is 0.0335. The number of urea groups is 1. The van der Waals surface area contributed by atoms with E-state index in [0.29, 0.717) is 13.1 Å². The Morgan fingerprint density at radius 3 is 2.37 bits per heavy atom. The van der Waals surface area contributed by atoms with Crippen molar-refractivity contribution in [1.29, 1.82) is 0 Å². The minimum atomic E-state index is -0.211. The first kappa shape index (κ1) is 25.6. The number of rotatable bonds is 10. The number of hydrogen-bond acceptors (Lipinski definition) is 2. The fraction of sp³-hybridized carbons (Fsp3) is 0.312. The molecule has 0 bridgehead atoms. The standard InChI is InChI=1S/C32H36N4O2/c1-3-24-12-14-27(15-13-24)34-32(38)36(28-16-17-28)22-31(37)35(21-25-10-8-23(2)9-11-25)19-18-26-20-33-30-7-5-4-6-29(26)30/h4-15,20,28,33H,3,16-19,21-22H2,1-2H3,(H,34,38). The van der Waals surface area contributed by atoms with E-state index in [4.69, 9.17) is 0 Å². The smallest absolute Gasteiger partial charge is 0.322 e. The van der Waals surface area contributed by atoms with Crippen molar-refractivity contribution < 1.29 is 9.59 Å². The third-order valence-corrected chi connectivity index (χ3v) is 7.34. The first-order chi connectivity index (χ1) is 18.5. The molecule has 1 heterocycles. The molecule has 0 atom stereocenters. The van der Waals surface area contributed by atoms with Gasteiger partial charge >= 0.3 is 6.03 Å². The second-order valence-corrected chi connectivity index (χ2v) is 10.3. The highest BCUT2D eigenvalue weighted by Gasteiger charge is 2.35. The summed E-state index contributed by atoms with van der Waals surface area (Å²) in [6.07, 6.45) is 5.59. The second kappa shape index (κ2) is 11.5. The van der Waals surface area contributed by atoms with Gasteiger partial charge in [-0.1, -0.05) is 67.1 Å². The van der Waals surface area contributed by atoms with Gasteiger partial charge in [-0.15, -0.1) is 0 Å². The molecule has 5 rings (SSSR count). The molecule has 1 fully saturated rings. The Morgan fingerprint density at radius 2 is 1.66 bits per heavy atom. The van der Waals surface area contributed by atoms with Crippen LogP contribution >= 0.6 is 0 Å². The highest BCUT2D eigenvalue weighted by Crippen LogP contribution is 2.28. The average molecular weight is 509 g/mol. The van der Waals surface area contributed by atoms with E-state index in [1.807, 2.05) is 47.5 Å². The quantitative estimate of drug-likeness (QED) is 0.264. The molecule has 0 saturated heterocycles. The molecule has 6 nitrogen and oxygen atoms in total. The van der Waals surface area contributed by atoms with Crippen molar-refractivity contribution in [2.75, 3.05) is 18.4 Å². The third-order valence-electron chi connectivity index (χ3n) is 7.34. The molecule has 1 aliphatic carbocycles. The van der Waals surface area contributed by atoms with E-state index >= 15 is 0 Å². The van der Waals surface area contributed by atoms with Crippen LogP contribution in [-0.2, 0) is 24.2 Å². The number of aryl methyl sites for hydroxylation is 2. The Kier molecular flexibility index (Phi) is 7.78. The van der Waals surface area contributed by atoms with Crippen LogP contribution in [0.4, 0.5) is 10.5 Å². The van der Waals surface area contributed by atoms with E-state index in [0.717, 1.165) is 42.5 Å². The lowest BCUT2D eigenvalue weighted by atomic mass is 10.1. The minimum Gasteiger partial charge on any atom is -0.361 e. The van der Waals surface area contributed by atoms with Crippen LogP contribution in [0.15, 0.2) is 79.0 Å². The summed E-state index contributed by atoms with van der Waals surface area (Å²) in [5.74, 6) is -0.0335. The molecule has 4 aromatic rings. The zero-order valence-corrected chi connectivity index (χ0v) is 22.2. The number of para-hydroxylation sites is 1. The van der Waals surface area contributed by atoms with Crippen molar-refractivity contribution in [3.05, 3.63) is 101 Å². The SMILES string of the molecule is CCc1ccc(NC(=O)N(CC(=O)N(CCc2c[nH]c3ccccc23)Cc2ccc(C)cc2)C2CC2)cc1. The zero-order valence-electron chi connectivity index (χ0n) is 22.2. The molecule has 0 spiro atoms. The number of nitrogens with one attached hydrogen (secondary N) is 2. The number of anilines is 1. The molecule has 2 N–H and O–H groups in total. The molecule has 0 unspecified atom stereocenters. The van der Waals surface area contributed by atoms with Crippen LogP contribution in [-0.4, -0.2) is 45.9 Å². The van der Waals surface area contributed by atoms with Gasteiger partial charge in [0, 0.05) is 41.9 Å². The molecule has 1 aromatic heterocycles. The van der Waals surface area contributed by atoms with E-state index in [1.165, 1.54) is 22.1 Å². The Labute approximate surface area is 224 Å². The number of aromatic amines is 1. The van der Waals surface area contributed by atoms with Crippen LogP contribution in [0.3, 0.4) is 0 Å². The molecular weight excluding hydrogens is 472 g/mol. The number of aromatic nitrogens is 1. The van der Waals surface area contributed by atoms with Crippen molar-refractivity contribution >= 4 is 28.5 Å². The maximum Gasteiger partial charge on any atom is 0.322 e. The first-order valence-electron chi connectivity index (χ1n) is 13.5. The second-order valence-electron chi connectivity index (χ2n) is 10.3. The van der Waals surface area contributed by atoms with E-state index in [1.54, 1.807) is 4.90 Å². The first-order valence-corrected chi connectivity index (χ1v) is 13.5. The number of benzene rings is 3. The van der Waals surface area contributed by atoms with Gasteiger partial charge in [-0.3, -0.25) is 4.79 Å². The van der Waals surface area contributed by atoms with Gasteiger partial charge in [-0.05, 0) is 67.5 Å². The normalized spacial score (nSPS) is 12.9. The van der Waals surface area contributed by atoms with Gasteiger partial charge in [0.15, 0.2) is 0 Å². The van der Waals surface area contributed by atoms with Gasteiger partial charge in [0.25, 0.3) is 0 Å². The molecular formula is C32H36N4O2. The summed E-state index contributed by atoms with van der Waals surface area (Å²) in [5, 5.41) is 4.19. The molecule has 1 saturated carbocycles. The van der Waals surface area contributed by atoms with Crippen molar-refractivity contribution in [2.24, 2.45) is 0 Å². The van der Waals surface area contributed by atoms with Crippen LogP contribution in [0.25, 0.3) is 10.9 Å². The lowest BCUT2D eigenvalue weighted by Gasteiger charge is -2.28. The monoisotopic (exact) mass is 508 g/mol. The molecule has 0 radical (unpaired) electrons. The molecule has 6 heteroatoms. The van der Waals surface area contributed by atoms with Crippen molar-refractivity contribution in [1.82, 2.24) is 14.8 Å². The molecule has 196 valence electrons. The van der Waals surface area contributed by atoms with E-state index < -0.39 is 0 Å². The molecule has 3 aromatic carbocycles. The predicted octanol–water partition coefficient (Wildman–Crippen LogP) is 6.31. The maximum atomic E-state index is 13.7. The van der Waals surface area contributed by atoms with Gasteiger partial charge in [0.2, 0.25) is 5.91 Å². The fourth-order valence-electron chi connectivity index (χ4n) is 4.82. The molecule has 38 heavy (non-hydrogen) atoms. The Morgan fingerprint density at radius 1 is 0.947 bits per heavy atom. The third kappa shape index (κ3) is 6.25. The topological polar surface area (TPSA) is 68.4 Å². The lowest BCUT2D eigenvalue weighted by molar-refractivity contribution is -0.132. The number of hydrogen-bond donors (Lipinski definition) is 2. The summed E-state index contributed by atoms with van der Waals surface area (Å²) < 4.78 is 0. The predicted molar refractivity (Wildman–Crippen MR) is 153 cm³/mol. The average Bonchev–Trinajstić information content (AvgIpc) is 3.70. The highest BCUT2D eigenvalue weighted by atomic mass is 16.2. The summed E-state index contributed by atoms with van der Waals surface area (Å²) in [6, 6.07) is 24.3. The van der Waals surface area contributed by atoms with Gasteiger partial charge in [-0.2, -0.15) is 0 Å². The summed E-state index contributed by atoms with van der Waals surface area (Å²) in [6.45, 7) is 5.33. The number of amides is 3. The van der Waals surface area contributed by atoms with E-state index in [2.05, 4.69) is 60.5 Å². The fourth-order valence-corrected chi connectivity index (χ4v) is 4.82. The summed E-state index contributed by atoms with van der Waals surface area (Å²) in [5.41, 5.74) is 6.53. The van der Waals surface area contributed by atoms with Crippen molar-refractivity contribution in [3.63, 3.8) is 0 Å². The van der Waals surface area contributed by atoms with E-state index in [-0.39, 0.29) is 24.5 Å². The number of fused-ring (bicyclic) bond motifs is 1. The summed E-state index contributed by atoms with van der Waals surface area (Å²) in [7, 11) is 0. The van der Waals surface area contributed by atoms with Crippen LogP contribution in [0.5, 0.6) is 0 Å². The van der Waals surface area contributed by atoms with Gasteiger partial charge in [-0.25, -0.2) is 4.79 Å². The zero-order chi connectivity index (χ0) is 26.5. The largest absolute Gasteiger partial charge is 0.361 e. The highest BCUT2D eigenvalue weighted by molar-refractivity contribution is 5.93. The number of H-pyrrole nitrogens is 1. The molecule has 1 aliphatic rings. The number of nitrogens with zero attached hydrogens (tertiary/aromatic N) is 2. The molecule has 0 aliphatic heterocycles. The van der Waals surface area contributed by atoms with Gasteiger partial charge < -0.3 is 20.1 Å². The van der Waals surface area contributed by atoms with Crippen LogP contribution < -0.4 is 5.32 Å². The van der Waals surface area contributed by atoms with Gasteiger partial charge in [0.05, 0.1) is 0 Å².